The minimum absolute atomic E-state index is 0.120. The molecule has 0 spiro atoms. The summed E-state index contributed by atoms with van der Waals surface area (Å²) in [4.78, 5) is 53.9. The third-order valence-electron chi connectivity index (χ3n) is 6.36. The van der Waals surface area contributed by atoms with E-state index in [4.69, 9.17) is 10.5 Å². The van der Waals surface area contributed by atoms with Crippen molar-refractivity contribution in [3.05, 3.63) is 65.2 Å². The summed E-state index contributed by atoms with van der Waals surface area (Å²) in [5.41, 5.74) is 6.22. The van der Waals surface area contributed by atoms with Crippen molar-refractivity contribution in [2.75, 3.05) is 6.54 Å². The number of alkyl carbamates (subject to hydrolysis) is 1. The topological polar surface area (TPSA) is 151 Å². The second kappa shape index (κ2) is 15.6. The molecule has 0 aliphatic carbocycles. The second-order valence-electron chi connectivity index (χ2n) is 11.1. The average molecular weight is 569 g/mol. The van der Waals surface area contributed by atoms with Crippen molar-refractivity contribution in [1.29, 1.82) is 0 Å². The molecule has 224 valence electrons. The van der Waals surface area contributed by atoms with E-state index in [9.17, 15) is 24.3 Å². The quantitative estimate of drug-likeness (QED) is 0.250. The molecule has 10 nitrogen and oxygen atoms in total. The van der Waals surface area contributed by atoms with Crippen molar-refractivity contribution < 1.29 is 29.0 Å². The van der Waals surface area contributed by atoms with Gasteiger partial charge in [-0.25, -0.2) is 4.79 Å². The zero-order valence-electron chi connectivity index (χ0n) is 24.7. The van der Waals surface area contributed by atoms with Crippen molar-refractivity contribution in [1.82, 2.24) is 15.5 Å². The number of nitrogens with zero attached hydrogens (tertiary/aromatic N) is 1. The van der Waals surface area contributed by atoms with Crippen molar-refractivity contribution >= 4 is 23.8 Å². The Bertz CT molecular complexity index is 1180. The number of primary amides is 1. The highest BCUT2D eigenvalue weighted by molar-refractivity contribution is 5.94. The molecule has 0 saturated carbocycles. The van der Waals surface area contributed by atoms with Crippen molar-refractivity contribution in [3.8, 4) is 5.75 Å². The number of benzene rings is 2. The Morgan fingerprint density at radius 3 is 2.29 bits per heavy atom. The Morgan fingerprint density at radius 1 is 1.00 bits per heavy atom. The number of aryl methyl sites for hydroxylation is 1. The summed E-state index contributed by atoms with van der Waals surface area (Å²) in [6.45, 7) is 9.11. The Kier molecular flexibility index (Phi) is 12.6. The maximum Gasteiger partial charge on any atom is 0.408 e. The SMILES string of the molecule is CCCCCCN(C(=O)C(CC(N)=O)NC(=O)OC(C)(C)C)C(C(=O)NCc1ccccc1)c1cccc(C)c1O. The normalized spacial score (nSPS) is 12.6. The molecule has 0 aliphatic heterocycles. The number of amides is 4. The summed E-state index contributed by atoms with van der Waals surface area (Å²) in [7, 11) is 0. The first-order valence-corrected chi connectivity index (χ1v) is 14.0. The number of nitrogens with two attached hydrogens (primary N) is 1. The van der Waals surface area contributed by atoms with Crippen LogP contribution in [0.5, 0.6) is 5.75 Å². The highest BCUT2D eigenvalue weighted by Gasteiger charge is 2.38. The fraction of sp³-hybridized carbons (Fsp3) is 0.484. The van der Waals surface area contributed by atoms with Gasteiger partial charge in [-0.2, -0.15) is 0 Å². The molecule has 0 bridgehead atoms. The van der Waals surface area contributed by atoms with E-state index < -0.39 is 47.9 Å². The maximum atomic E-state index is 14.1. The van der Waals surface area contributed by atoms with Crippen LogP contribution in [0.3, 0.4) is 0 Å². The Balaban J connectivity index is 2.54. The van der Waals surface area contributed by atoms with Gasteiger partial charge in [-0.3, -0.25) is 14.4 Å². The summed E-state index contributed by atoms with van der Waals surface area (Å²) in [5, 5.41) is 16.4. The zero-order valence-corrected chi connectivity index (χ0v) is 24.7. The van der Waals surface area contributed by atoms with Crippen LogP contribution in [0, 0.1) is 6.92 Å². The number of para-hydroxylation sites is 1. The molecule has 0 aromatic heterocycles. The van der Waals surface area contributed by atoms with Gasteiger partial charge in [0.05, 0.1) is 6.42 Å². The van der Waals surface area contributed by atoms with Gasteiger partial charge in [-0.05, 0) is 45.2 Å². The van der Waals surface area contributed by atoms with Crippen molar-refractivity contribution in [2.24, 2.45) is 5.73 Å². The minimum atomic E-state index is -1.38. The fourth-order valence-corrected chi connectivity index (χ4v) is 4.36. The zero-order chi connectivity index (χ0) is 30.6. The maximum absolute atomic E-state index is 14.1. The summed E-state index contributed by atoms with van der Waals surface area (Å²) in [6, 6.07) is 11.7. The molecule has 2 aromatic carbocycles. The number of phenolic OH excluding ortho intramolecular Hbond substituents is 1. The lowest BCUT2D eigenvalue weighted by Gasteiger charge is -2.34. The summed E-state index contributed by atoms with van der Waals surface area (Å²) >= 11 is 0. The smallest absolute Gasteiger partial charge is 0.408 e. The summed E-state index contributed by atoms with van der Waals surface area (Å²) < 4.78 is 5.32. The molecular formula is C31H44N4O6. The third-order valence-corrected chi connectivity index (χ3v) is 6.36. The number of nitrogens with one attached hydrogen (secondary N) is 2. The highest BCUT2D eigenvalue weighted by Crippen LogP contribution is 2.33. The molecule has 2 rings (SSSR count). The molecule has 10 heteroatoms. The lowest BCUT2D eigenvalue weighted by molar-refractivity contribution is -0.143. The van der Waals surface area contributed by atoms with Gasteiger partial charge in [-0.15, -0.1) is 0 Å². The monoisotopic (exact) mass is 568 g/mol. The lowest BCUT2D eigenvalue weighted by Crippen LogP contribution is -2.54. The van der Waals surface area contributed by atoms with E-state index in [-0.39, 0.29) is 24.4 Å². The highest BCUT2D eigenvalue weighted by atomic mass is 16.6. The number of aromatic hydroxyl groups is 1. The molecular weight excluding hydrogens is 524 g/mol. The van der Waals surface area contributed by atoms with Crippen LogP contribution in [-0.2, 0) is 25.7 Å². The van der Waals surface area contributed by atoms with Gasteiger partial charge in [0.1, 0.15) is 23.4 Å². The standard InChI is InChI=1S/C31H44N4O6/c1-6-7-8-12-18-35(29(39)24(19-25(32)36)34-30(40)41-31(3,4)5)26(23-17-13-14-21(2)27(23)37)28(38)33-20-22-15-10-9-11-16-22/h9-11,13-17,24,26,37H,6-8,12,18-20H2,1-5H3,(H2,32,36)(H,33,38)(H,34,40). The van der Waals surface area contributed by atoms with E-state index in [1.165, 1.54) is 4.90 Å². The first-order chi connectivity index (χ1) is 19.3. The largest absolute Gasteiger partial charge is 0.507 e. The number of hydrogen-bond donors (Lipinski definition) is 4. The van der Waals surface area contributed by atoms with Gasteiger partial charge in [0.25, 0.3) is 0 Å². The number of hydrogen-bond acceptors (Lipinski definition) is 6. The van der Waals surface area contributed by atoms with Gasteiger partial charge in [0.15, 0.2) is 0 Å². The first kappa shape index (κ1) is 33.1. The van der Waals surface area contributed by atoms with E-state index in [2.05, 4.69) is 17.6 Å². The van der Waals surface area contributed by atoms with Crippen LogP contribution in [0.2, 0.25) is 0 Å². The minimum Gasteiger partial charge on any atom is -0.507 e. The predicted octanol–water partition coefficient (Wildman–Crippen LogP) is 4.24. The number of rotatable bonds is 14. The molecule has 41 heavy (non-hydrogen) atoms. The van der Waals surface area contributed by atoms with Crippen LogP contribution in [0.1, 0.15) is 82.5 Å². The van der Waals surface area contributed by atoms with E-state index >= 15 is 0 Å². The number of unbranched alkanes of at least 4 members (excludes halogenated alkanes) is 3. The lowest BCUT2D eigenvalue weighted by atomic mass is 9.98. The number of ether oxygens (including phenoxy) is 1. The first-order valence-electron chi connectivity index (χ1n) is 14.0. The van der Waals surface area contributed by atoms with Crippen LogP contribution < -0.4 is 16.4 Å². The molecule has 0 heterocycles. The number of carbonyl (C=O) groups excluding carboxylic acids is 4. The van der Waals surface area contributed by atoms with Crippen LogP contribution in [0.4, 0.5) is 4.79 Å². The van der Waals surface area contributed by atoms with Crippen molar-refractivity contribution in [3.63, 3.8) is 0 Å². The predicted molar refractivity (Wildman–Crippen MR) is 157 cm³/mol. The Morgan fingerprint density at radius 2 is 1.68 bits per heavy atom. The molecule has 2 atom stereocenters. The molecule has 5 N–H and O–H groups in total. The van der Waals surface area contributed by atoms with Crippen molar-refractivity contribution in [2.45, 2.75) is 91.0 Å². The van der Waals surface area contributed by atoms with Gasteiger partial charge >= 0.3 is 6.09 Å². The van der Waals surface area contributed by atoms with Crippen LogP contribution in [0.15, 0.2) is 48.5 Å². The molecule has 0 radical (unpaired) electrons. The van der Waals surface area contributed by atoms with E-state index in [0.717, 1.165) is 24.8 Å². The summed E-state index contributed by atoms with van der Waals surface area (Å²) in [6.07, 6.45) is 1.83. The molecule has 0 fully saturated rings. The molecule has 0 saturated heterocycles. The molecule has 0 aliphatic rings. The second-order valence-corrected chi connectivity index (χ2v) is 11.1. The third kappa shape index (κ3) is 10.8. The molecule has 2 aromatic rings. The Hall–Kier alpha value is -4.08. The summed E-state index contributed by atoms with van der Waals surface area (Å²) in [5.74, 6) is -2.14. The van der Waals surface area contributed by atoms with Crippen LogP contribution in [0.25, 0.3) is 0 Å². The van der Waals surface area contributed by atoms with Gasteiger partial charge in [-0.1, -0.05) is 74.7 Å². The fourth-order valence-electron chi connectivity index (χ4n) is 4.36. The van der Waals surface area contributed by atoms with E-state index in [1.807, 2.05) is 30.3 Å². The van der Waals surface area contributed by atoms with Gasteiger partial charge in [0, 0.05) is 18.7 Å². The number of carbonyl (C=O) groups is 4. The van der Waals surface area contributed by atoms with Crippen LogP contribution in [-0.4, -0.2) is 52.0 Å². The Labute approximate surface area is 242 Å². The molecule has 2 unspecified atom stereocenters. The van der Waals surface area contributed by atoms with Crippen LogP contribution >= 0.6 is 0 Å². The molecule has 4 amide bonds. The number of phenols is 1. The van der Waals surface area contributed by atoms with Gasteiger partial charge < -0.3 is 31.1 Å². The average Bonchev–Trinajstić information content (AvgIpc) is 2.89. The van der Waals surface area contributed by atoms with E-state index in [0.29, 0.717) is 12.0 Å². The van der Waals surface area contributed by atoms with E-state index in [1.54, 1.807) is 45.9 Å². The van der Waals surface area contributed by atoms with Gasteiger partial charge in [0.2, 0.25) is 17.7 Å².